The fourth-order valence-corrected chi connectivity index (χ4v) is 4.36. The molecule has 0 atom stereocenters. The number of aromatic nitrogens is 1. The number of thiazole rings is 1. The summed E-state index contributed by atoms with van der Waals surface area (Å²) >= 11 is 8.38. The highest BCUT2D eigenvalue weighted by Crippen LogP contribution is 2.37. The van der Waals surface area contributed by atoms with Crippen LogP contribution in [0.1, 0.15) is 23.1 Å². The van der Waals surface area contributed by atoms with Gasteiger partial charge in [0.1, 0.15) is 11.2 Å². The van der Waals surface area contributed by atoms with Gasteiger partial charge in [0.2, 0.25) is 10.5 Å². The molecule has 0 N–H and O–H groups in total. The topological polar surface area (TPSA) is 3.88 Å². The summed E-state index contributed by atoms with van der Waals surface area (Å²) in [7, 11) is 0. The van der Waals surface area contributed by atoms with Crippen LogP contribution in [0.15, 0.2) is 30.3 Å². The molecule has 21 heavy (non-hydrogen) atoms. The van der Waals surface area contributed by atoms with Crippen LogP contribution in [0.25, 0.3) is 21.3 Å². The van der Waals surface area contributed by atoms with Gasteiger partial charge in [-0.05, 0) is 44.0 Å². The molecule has 1 nitrogen and oxygen atoms in total. The molecule has 0 spiro atoms. The van der Waals surface area contributed by atoms with Gasteiger partial charge >= 0.3 is 0 Å². The van der Waals surface area contributed by atoms with Crippen molar-refractivity contribution >= 4 is 33.2 Å². The molecule has 0 radical (unpaired) electrons. The van der Waals surface area contributed by atoms with Crippen molar-refractivity contribution in [2.24, 2.45) is 0 Å². The second-order valence-corrected chi connectivity index (χ2v) is 7.09. The Morgan fingerprint density at radius 1 is 1.10 bits per heavy atom. The standard InChI is InChI=1S/C18H19ClNS/c1-5-20-13(4)21-16-9-7-12(3)17(18(16)20)14-8-6-11(2)10-15(14)19/h6-10H,5H2,1-4H3/q+1. The number of rotatable bonds is 2. The van der Waals surface area contributed by atoms with E-state index in [4.69, 9.17) is 11.6 Å². The first-order valence-corrected chi connectivity index (χ1v) is 8.41. The maximum absolute atomic E-state index is 6.53. The van der Waals surface area contributed by atoms with Gasteiger partial charge in [-0.2, -0.15) is 4.57 Å². The van der Waals surface area contributed by atoms with Gasteiger partial charge in [0, 0.05) is 17.5 Å². The minimum Gasteiger partial charge on any atom is -0.186 e. The van der Waals surface area contributed by atoms with Crippen molar-refractivity contribution in [2.75, 3.05) is 0 Å². The van der Waals surface area contributed by atoms with Crippen LogP contribution in [0, 0.1) is 20.8 Å². The summed E-state index contributed by atoms with van der Waals surface area (Å²) in [5.74, 6) is 0. The summed E-state index contributed by atoms with van der Waals surface area (Å²) < 4.78 is 3.71. The minimum atomic E-state index is 0.831. The largest absolute Gasteiger partial charge is 0.235 e. The molecule has 0 saturated carbocycles. The van der Waals surface area contributed by atoms with Gasteiger partial charge in [0.15, 0.2) is 0 Å². The Morgan fingerprint density at radius 2 is 1.86 bits per heavy atom. The first kappa shape index (κ1) is 14.6. The summed E-state index contributed by atoms with van der Waals surface area (Å²) in [5, 5.41) is 2.17. The van der Waals surface area contributed by atoms with Gasteiger partial charge in [-0.3, -0.25) is 0 Å². The molecule has 2 aromatic carbocycles. The summed E-state index contributed by atoms with van der Waals surface area (Å²) in [5.41, 5.74) is 6.17. The molecule has 0 amide bonds. The summed E-state index contributed by atoms with van der Waals surface area (Å²) in [6.07, 6.45) is 0. The monoisotopic (exact) mass is 316 g/mol. The van der Waals surface area contributed by atoms with E-state index < -0.39 is 0 Å². The number of nitrogens with zero attached hydrogens (tertiary/aromatic N) is 1. The number of hydrogen-bond donors (Lipinski definition) is 0. The molecule has 0 unspecified atom stereocenters. The maximum atomic E-state index is 6.53. The van der Waals surface area contributed by atoms with Crippen molar-refractivity contribution in [2.45, 2.75) is 34.2 Å². The highest BCUT2D eigenvalue weighted by Gasteiger charge is 2.23. The van der Waals surface area contributed by atoms with Gasteiger partial charge in [0.25, 0.3) is 0 Å². The predicted octanol–water partition coefficient (Wildman–Crippen LogP) is 5.45. The van der Waals surface area contributed by atoms with Gasteiger partial charge < -0.3 is 0 Å². The number of hydrogen-bond acceptors (Lipinski definition) is 1. The molecule has 1 heterocycles. The normalized spacial score (nSPS) is 11.3. The third kappa shape index (κ3) is 2.37. The van der Waals surface area contributed by atoms with Crippen molar-refractivity contribution in [3.05, 3.63) is 51.5 Å². The Kier molecular flexibility index (Phi) is 3.76. The van der Waals surface area contributed by atoms with E-state index in [9.17, 15) is 0 Å². The molecule has 1 aromatic heterocycles. The van der Waals surface area contributed by atoms with Crippen LogP contribution < -0.4 is 4.57 Å². The summed E-state index contributed by atoms with van der Waals surface area (Å²) in [4.78, 5) is 0. The fraction of sp³-hybridized carbons (Fsp3) is 0.278. The van der Waals surface area contributed by atoms with Crippen molar-refractivity contribution in [3.8, 4) is 11.1 Å². The zero-order valence-corrected chi connectivity index (χ0v) is 14.4. The lowest BCUT2D eigenvalue weighted by Gasteiger charge is -2.09. The van der Waals surface area contributed by atoms with Crippen LogP contribution >= 0.6 is 22.9 Å². The molecule has 0 aliphatic rings. The van der Waals surface area contributed by atoms with Gasteiger partial charge in [-0.25, -0.2) is 0 Å². The SMILES string of the molecule is CC[n+]1c(C)sc2ccc(C)c(-c3ccc(C)cc3Cl)c21. The second kappa shape index (κ2) is 5.43. The lowest BCUT2D eigenvalue weighted by atomic mass is 9.98. The number of fused-ring (bicyclic) bond motifs is 1. The lowest BCUT2D eigenvalue weighted by molar-refractivity contribution is -0.669. The molecule has 3 aromatic rings. The van der Waals surface area contributed by atoms with Crippen molar-refractivity contribution < 1.29 is 4.57 Å². The smallest absolute Gasteiger partial charge is 0.186 e. The molecule has 0 saturated heterocycles. The quantitative estimate of drug-likeness (QED) is 0.553. The third-order valence-corrected chi connectivity index (χ3v) is 5.34. The van der Waals surface area contributed by atoms with E-state index >= 15 is 0 Å². The molecule has 0 bridgehead atoms. The molecular weight excluding hydrogens is 298 g/mol. The average molecular weight is 317 g/mol. The van der Waals surface area contributed by atoms with E-state index in [-0.39, 0.29) is 0 Å². The number of halogens is 1. The van der Waals surface area contributed by atoms with E-state index in [0.717, 1.165) is 17.1 Å². The Bertz CT molecular complexity index is 833. The van der Waals surface area contributed by atoms with Crippen molar-refractivity contribution in [1.29, 1.82) is 0 Å². The molecule has 3 heteroatoms. The molecular formula is C18H19ClNS+. The fourth-order valence-electron chi connectivity index (χ4n) is 2.94. The maximum Gasteiger partial charge on any atom is 0.235 e. The van der Waals surface area contributed by atoms with Gasteiger partial charge in [0.05, 0.1) is 5.56 Å². The van der Waals surface area contributed by atoms with Crippen molar-refractivity contribution in [1.82, 2.24) is 0 Å². The first-order valence-electron chi connectivity index (χ1n) is 7.22. The van der Waals surface area contributed by atoms with E-state index in [1.54, 1.807) is 0 Å². The zero-order valence-electron chi connectivity index (χ0n) is 12.8. The molecule has 108 valence electrons. The average Bonchev–Trinajstić information content (AvgIpc) is 2.75. The van der Waals surface area contributed by atoms with E-state index in [1.807, 2.05) is 17.4 Å². The predicted molar refractivity (Wildman–Crippen MR) is 92.4 cm³/mol. The Balaban J connectivity index is 2.43. The summed E-state index contributed by atoms with van der Waals surface area (Å²) in [6.45, 7) is 9.60. The Hall–Kier alpha value is -1.38. The van der Waals surface area contributed by atoms with Crippen LogP contribution in [-0.4, -0.2) is 0 Å². The molecule has 0 fully saturated rings. The van der Waals surface area contributed by atoms with Crippen molar-refractivity contribution in [3.63, 3.8) is 0 Å². The van der Waals surface area contributed by atoms with Crippen LogP contribution in [0.4, 0.5) is 0 Å². The van der Waals surface area contributed by atoms with E-state index in [1.165, 1.54) is 31.9 Å². The minimum absolute atomic E-state index is 0.831. The summed E-state index contributed by atoms with van der Waals surface area (Å²) in [6, 6.07) is 10.7. The Morgan fingerprint density at radius 3 is 2.52 bits per heavy atom. The number of benzene rings is 2. The molecule has 0 aliphatic carbocycles. The molecule has 0 aliphatic heterocycles. The lowest BCUT2D eigenvalue weighted by Crippen LogP contribution is -2.33. The second-order valence-electron chi connectivity index (χ2n) is 5.45. The molecule has 3 rings (SSSR count). The number of aryl methyl sites for hydroxylation is 4. The third-order valence-electron chi connectivity index (χ3n) is 3.97. The van der Waals surface area contributed by atoms with Crippen LogP contribution in [0.3, 0.4) is 0 Å². The first-order chi connectivity index (χ1) is 10.0. The van der Waals surface area contributed by atoms with E-state index in [0.29, 0.717) is 0 Å². The van der Waals surface area contributed by atoms with Crippen LogP contribution in [-0.2, 0) is 6.54 Å². The highest BCUT2D eigenvalue weighted by molar-refractivity contribution is 7.18. The Labute approximate surface area is 134 Å². The van der Waals surface area contributed by atoms with Crippen LogP contribution in [0.2, 0.25) is 5.02 Å². The van der Waals surface area contributed by atoms with Gasteiger partial charge in [-0.1, -0.05) is 41.1 Å². The van der Waals surface area contributed by atoms with Gasteiger partial charge in [-0.15, -0.1) is 0 Å². The van der Waals surface area contributed by atoms with E-state index in [2.05, 4.69) is 56.5 Å². The highest BCUT2D eigenvalue weighted by atomic mass is 35.5. The van der Waals surface area contributed by atoms with Crippen LogP contribution in [0.5, 0.6) is 0 Å². The zero-order chi connectivity index (χ0) is 15.1.